The molecule has 0 aliphatic rings. The molecule has 0 aliphatic heterocycles. The molecule has 1 rings (SSSR count). The molecule has 0 saturated carbocycles. The number of hydrogen-bond acceptors (Lipinski definition) is 0. The lowest BCUT2D eigenvalue weighted by Crippen LogP contribution is -2.41. The Balaban J connectivity index is 1.89. The zero-order chi connectivity index (χ0) is 20.5. The van der Waals surface area contributed by atoms with Crippen molar-refractivity contribution in [2.24, 2.45) is 0 Å². The van der Waals surface area contributed by atoms with Gasteiger partial charge in [-0.25, -0.2) is 0 Å². The number of rotatable bonds is 18. The van der Waals surface area contributed by atoms with Crippen molar-refractivity contribution in [3.8, 4) is 0 Å². The summed E-state index contributed by atoms with van der Waals surface area (Å²) in [5, 5.41) is 0. The highest BCUT2D eigenvalue weighted by Crippen LogP contribution is 2.24. The van der Waals surface area contributed by atoms with Gasteiger partial charge in [0.15, 0.2) is 0 Å². The monoisotopic (exact) mass is 388 g/mol. The van der Waals surface area contributed by atoms with Gasteiger partial charge in [-0.1, -0.05) is 115 Å². The van der Waals surface area contributed by atoms with Gasteiger partial charge >= 0.3 is 0 Å². The molecule has 1 aromatic rings. The minimum Gasteiger partial charge on any atom is -0.296 e. The third-order valence-electron chi connectivity index (χ3n) is 6.34. The van der Waals surface area contributed by atoms with Gasteiger partial charge in [-0.2, -0.15) is 0 Å². The molecule has 0 aliphatic carbocycles. The van der Waals surface area contributed by atoms with Crippen LogP contribution in [0, 0.1) is 6.92 Å². The average Bonchev–Trinajstić information content (AvgIpc) is 2.68. The summed E-state index contributed by atoms with van der Waals surface area (Å²) in [6.07, 6.45) is 23.1. The highest BCUT2D eigenvalue weighted by molar-refractivity contribution is 5.48. The maximum atomic E-state index is 2.35. The van der Waals surface area contributed by atoms with Gasteiger partial charge in [0, 0.05) is 5.56 Å². The molecule has 0 unspecified atom stereocenters. The van der Waals surface area contributed by atoms with Crippen molar-refractivity contribution >= 4 is 5.69 Å². The summed E-state index contributed by atoms with van der Waals surface area (Å²) in [6.45, 7) is 5.79. The fourth-order valence-corrected chi connectivity index (χ4v) is 4.42. The van der Waals surface area contributed by atoms with E-state index >= 15 is 0 Å². The van der Waals surface area contributed by atoms with Gasteiger partial charge in [-0.15, -0.1) is 0 Å². The van der Waals surface area contributed by atoms with Crippen LogP contribution in [0.4, 0.5) is 5.69 Å². The zero-order valence-corrected chi connectivity index (χ0v) is 19.8. The Bertz CT molecular complexity index is 477. The molecule has 0 amide bonds. The lowest BCUT2D eigenvalue weighted by Gasteiger charge is -2.30. The van der Waals surface area contributed by atoms with Gasteiger partial charge in [-0.3, -0.25) is 4.48 Å². The number of hydrogen-bond donors (Lipinski definition) is 0. The molecule has 0 bridgehead atoms. The van der Waals surface area contributed by atoms with Crippen LogP contribution in [0.1, 0.15) is 115 Å². The predicted octanol–water partition coefficient (Wildman–Crippen LogP) is 8.82. The second-order valence-electron chi connectivity index (χ2n) is 9.50. The Morgan fingerprint density at radius 3 is 1.39 bits per heavy atom. The van der Waals surface area contributed by atoms with E-state index in [2.05, 4.69) is 52.2 Å². The quantitative estimate of drug-likeness (QED) is 0.174. The summed E-state index contributed by atoms with van der Waals surface area (Å²) in [6, 6.07) is 8.86. The summed E-state index contributed by atoms with van der Waals surface area (Å²) < 4.78 is 1.02. The van der Waals surface area contributed by atoms with Crippen molar-refractivity contribution in [3.05, 3.63) is 29.8 Å². The first-order chi connectivity index (χ1) is 13.6. The topological polar surface area (TPSA) is 0 Å². The molecular formula is C27H50N+. The first-order valence-corrected chi connectivity index (χ1v) is 12.5. The number of para-hydroxylation sites is 1. The normalized spacial score (nSPS) is 11.9. The van der Waals surface area contributed by atoms with Gasteiger partial charge in [-0.05, 0) is 25.8 Å². The Labute approximate surface area is 177 Å². The molecule has 1 heteroatoms. The van der Waals surface area contributed by atoms with E-state index in [9.17, 15) is 0 Å². The van der Waals surface area contributed by atoms with Gasteiger partial charge in [0.05, 0.1) is 20.6 Å². The van der Waals surface area contributed by atoms with Crippen molar-refractivity contribution in [2.75, 3.05) is 20.6 Å². The third-order valence-corrected chi connectivity index (χ3v) is 6.34. The first-order valence-electron chi connectivity index (χ1n) is 12.5. The van der Waals surface area contributed by atoms with E-state index < -0.39 is 0 Å². The van der Waals surface area contributed by atoms with Crippen LogP contribution in [0.15, 0.2) is 24.3 Å². The number of nitrogens with zero attached hydrogens (tertiary/aromatic N) is 1. The van der Waals surface area contributed by atoms with Gasteiger partial charge in [0.2, 0.25) is 0 Å². The SMILES string of the molecule is CCCCCCCCCCCCCCCCCC[N+](C)(C)c1ccccc1C. The van der Waals surface area contributed by atoms with E-state index in [1.54, 1.807) is 0 Å². The van der Waals surface area contributed by atoms with Gasteiger partial charge < -0.3 is 0 Å². The fraction of sp³-hybridized carbons (Fsp3) is 0.778. The molecule has 0 heterocycles. The van der Waals surface area contributed by atoms with Crippen LogP contribution in [0.5, 0.6) is 0 Å². The lowest BCUT2D eigenvalue weighted by atomic mass is 10.0. The van der Waals surface area contributed by atoms with Crippen molar-refractivity contribution in [2.45, 2.75) is 117 Å². The summed E-state index contributed by atoms with van der Waals surface area (Å²) in [5.74, 6) is 0. The summed E-state index contributed by atoms with van der Waals surface area (Å²) in [5.41, 5.74) is 2.90. The van der Waals surface area contributed by atoms with Crippen molar-refractivity contribution < 1.29 is 0 Å². The maximum absolute atomic E-state index is 2.35. The average molecular weight is 389 g/mol. The standard InChI is InChI=1S/C27H50N/c1-5-6-7-8-9-10-11-12-13-14-15-16-17-18-19-22-25-28(3,4)27-24-21-20-23-26(27)2/h20-21,23-24H,5-19,22,25H2,1-4H3/q+1. The molecule has 28 heavy (non-hydrogen) atoms. The molecule has 162 valence electrons. The molecule has 1 aromatic carbocycles. The molecule has 0 aromatic heterocycles. The molecule has 0 radical (unpaired) electrons. The largest absolute Gasteiger partial charge is 0.296 e. The van der Waals surface area contributed by atoms with E-state index in [0.29, 0.717) is 0 Å². The summed E-state index contributed by atoms with van der Waals surface area (Å²) in [4.78, 5) is 0. The second-order valence-corrected chi connectivity index (χ2v) is 9.50. The Morgan fingerprint density at radius 1 is 0.571 bits per heavy atom. The minimum absolute atomic E-state index is 1.02. The fourth-order valence-electron chi connectivity index (χ4n) is 4.42. The van der Waals surface area contributed by atoms with E-state index in [0.717, 1.165) is 4.48 Å². The molecule has 0 atom stereocenters. The molecular weight excluding hydrogens is 338 g/mol. The van der Waals surface area contributed by atoms with E-state index in [1.165, 1.54) is 121 Å². The van der Waals surface area contributed by atoms with E-state index in [1.807, 2.05) is 0 Å². The second kappa shape index (κ2) is 16.0. The van der Waals surface area contributed by atoms with Crippen molar-refractivity contribution in [3.63, 3.8) is 0 Å². The van der Waals surface area contributed by atoms with Gasteiger partial charge in [0.1, 0.15) is 5.69 Å². The van der Waals surface area contributed by atoms with Crippen molar-refractivity contribution in [1.29, 1.82) is 0 Å². The van der Waals surface area contributed by atoms with Crippen LogP contribution in [0.2, 0.25) is 0 Å². The van der Waals surface area contributed by atoms with Crippen molar-refractivity contribution in [1.82, 2.24) is 4.48 Å². The Hall–Kier alpha value is -0.820. The van der Waals surface area contributed by atoms with Crippen LogP contribution in [-0.4, -0.2) is 20.6 Å². The van der Waals surface area contributed by atoms with Crippen LogP contribution in [0.25, 0.3) is 0 Å². The van der Waals surface area contributed by atoms with Crippen LogP contribution in [0.3, 0.4) is 0 Å². The van der Waals surface area contributed by atoms with Gasteiger partial charge in [0.25, 0.3) is 0 Å². The predicted molar refractivity (Wildman–Crippen MR) is 129 cm³/mol. The summed E-state index contributed by atoms with van der Waals surface area (Å²) in [7, 11) is 4.71. The van der Waals surface area contributed by atoms with E-state index in [4.69, 9.17) is 0 Å². The molecule has 1 nitrogen and oxygen atoms in total. The zero-order valence-electron chi connectivity index (χ0n) is 19.8. The molecule has 0 N–H and O–H groups in total. The molecule has 0 fully saturated rings. The van der Waals surface area contributed by atoms with Crippen LogP contribution >= 0.6 is 0 Å². The number of aryl methyl sites for hydroxylation is 1. The smallest absolute Gasteiger partial charge is 0.135 e. The molecule has 0 saturated heterocycles. The third kappa shape index (κ3) is 11.9. The lowest BCUT2D eigenvalue weighted by molar-refractivity contribution is 0.379. The van der Waals surface area contributed by atoms with Crippen LogP contribution in [-0.2, 0) is 0 Å². The highest BCUT2D eigenvalue weighted by atomic mass is 15.3. The maximum Gasteiger partial charge on any atom is 0.135 e. The van der Waals surface area contributed by atoms with E-state index in [-0.39, 0.29) is 0 Å². The highest BCUT2D eigenvalue weighted by Gasteiger charge is 2.19. The van der Waals surface area contributed by atoms with Crippen LogP contribution < -0.4 is 4.48 Å². The number of unbranched alkanes of at least 4 members (excludes halogenated alkanes) is 15. The first kappa shape index (κ1) is 25.2. The number of benzene rings is 1. The Morgan fingerprint density at radius 2 is 0.964 bits per heavy atom. The number of quaternary nitrogens is 1. The minimum atomic E-state index is 1.02. The Kier molecular flexibility index (Phi) is 14.4. The molecule has 0 spiro atoms. The summed E-state index contributed by atoms with van der Waals surface area (Å²) >= 11 is 0.